The third-order valence-electron chi connectivity index (χ3n) is 7.80. The maximum atomic E-state index is 12.0. The molecule has 0 bridgehead atoms. The quantitative estimate of drug-likeness (QED) is 0.476. The van der Waals surface area contributed by atoms with Crippen molar-refractivity contribution in [2.75, 3.05) is 0 Å². The molecule has 0 aromatic rings. The first-order valence-corrected chi connectivity index (χ1v) is 12.0. The van der Waals surface area contributed by atoms with Crippen molar-refractivity contribution in [3.05, 3.63) is 11.6 Å². The highest BCUT2D eigenvalue weighted by molar-refractivity contribution is 5.90. The number of aliphatic hydroxyl groups is 1. The lowest BCUT2D eigenvalue weighted by Gasteiger charge is -2.35. The summed E-state index contributed by atoms with van der Waals surface area (Å²) < 4.78 is 23.4. The fraction of sp³-hybridized carbons (Fsp3) is 0.643. The van der Waals surface area contributed by atoms with E-state index in [1.54, 1.807) is 13.0 Å². The molecule has 4 rings (SSSR count). The van der Waals surface area contributed by atoms with E-state index in [2.05, 4.69) is 23.7 Å². The maximum absolute atomic E-state index is 12.0. The Morgan fingerprint density at radius 3 is 2.66 bits per heavy atom. The molecule has 1 unspecified atom stereocenters. The summed E-state index contributed by atoms with van der Waals surface area (Å²) in [7, 11) is 0. The van der Waals surface area contributed by atoms with Crippen molar-refractivity contribution in [3.8, 4) is 36.5 Å². The first-order chi connectivity index (χ1) is 16.5. The third-order valence-corrected chi connectivity index (χ3v) is 7.80. The predicted molar refractivity (Wildman–Crippen MR) is 126 cm³/mol. The fourth-order valence-corrected chi connectivity index (χ4v) is 6.08. The highest BCUT2D eigenvalue weighted by Gasteiger charge is 2.65. The Labute approximate surface area is 206 Å². The third kappa shape index (κ3) is 4.48. The highest BCUT2D eigenvalue weighted by Crippen LogP contribution is 2.53. The number of aliphatic hydroxyl groups excluding tert-OH is 1. The van der Waals surface area contributed by atoms with Gasteiger partial charge in [-0.3, -0.25) is 4.79 Å². The van der Waals surface area contributed by atoms with Gasteiger partial charge in [0.1, 0.15) is 24.4 Å². The van der Waals surface area contributed by atoms with Gasteiger partial charge in [0, 0.05) is 23.8 Å². The molecule has 3 saturated heterocycles. The van der Waals surface area contributed by atoms with Crippen LogP contribution in [-0.4, -0.2) is 58.8 Å². The Balaban J connectivity index is 1.42. The molecular weight excluding hydrogens is 448 g/mol. The highest BCUT2D eigenvalue weighted by atomic mass is 16.6. The smallest absolute Gasteiger partial charge is 0.334 e. The molecule has 9 atom stereocenters. The van der Waals surface area contributed by atoms with Gasteiger partial charge in [-0.2, -0.15) is 0 Å². The second-order valence-corrected chi connectivity index (χ2v) is 10.5. The Morgan fingerprint density at radius 2 is 2.03 bits per heavy atom. The summed E-state index contributed by atoms with van der Waals surface area (Å²) in [5.74, 6) is 10.1. The van der Waals surface area contributed by atoms with Gasteiger partial charge in [0.15, 0.2) is 5.60 Å². The molecule has 35 heavy (non-hydrogen) atoms. The van der Waals surface area contributed by atoms with Gasteiger partial charge in [0.05, 0.1) is 30.5 Å². The van der Waals surface area contributed by atoms with Crippen molar-refractivity contribution < 1.29 is 33.6 Å². The zero-order valence-electron chi connectivity index (χ0n) is 20.6. The van der Waals surface area contributed by atoms with Crippen LogP contribution in [0.4, 0.5) is 0 Å². The monoisotopic (exact) mass is 480 g/mol. The van der Waals surface area contributed by atoms with Crippen LogP contribution in [-0.2, 0) is 28.5 Å². The second-order valence-electron chi connectivity index (χ2n) is 10.5. The maximum Gasteiger partial charge on any atom is 0.334 e. The van der Waals surface area contributed by atoms with E-state index in [9.17, 15) is 14.7 Å². The summed E-state index contributed by atoms with van der Waals surface area (Å²) in [6, 6.07) is 0. The molecule has 7 heteroatoms. The van der Waals surface area contributed by atoms with Gasteiger partial charge in [0.25, 0.3) is 0 Å². The normalized spacial score (nSPS) is 40.0. The Morgan fingerprint density at radius 1 is 1.29 bits per heavy atom. The SMILES string of the molecule is C#CC[C@]12OC(=O)C[C@H]1OC(C)(C)[C@@H]2CC(O)C#CC[C@H]1O[C@H]([C@@H]2C=C(C)C(=O)O2)[C@@H](C)[C@H]1C#C. The van der Waals surface area contributed by atoms with Gasteiger partial charge < -0.3 is 24.1 Å². The first-order valence-electron chi connectivity index (χ1n) is 12.0. The molecule has 0 aromatic carbocycles. The van der Waals surface area contributed by atoms with Gasteiger partial charge in [-0.25, -0.2) is 4.79 Å². The molecule has 3 fully saturated rings. The van der Waals surface area contributed by atoms with Crippen molar-refractivity contribution in [2.24, 2.45) is 17.8 Å². The summed E-state index contributed by atoms with van der Waals surface area (Å²) in [6.07, 6.45) is 11.5. The van der Waals surface area contributed by atoms with Crippen LogP contribution in [0.1, 0.15) is 53.4 Å². The van der Waals surface area contributed by atoms with Crippen molar-refractivity contribution in [1.29, 1.82) is 0 Å². The molecular formula is C28H32O7. The summed E-state index contributed by atoms with van der Waals surface area (Å²) >= 11 is 0. The molecule has 1 N–H and O–H groups in total. The number of terminal acetylenes is 2. The van der Waals surface area contributed by atoms with Gasteiger partial charge in [-0.05, 0) is 33.3 Å². The zero-order valence-corrected chi connectivity index (χ0v) is 20.6. The van der Waals surface area contributed by atoms with Crippen LogP contribution in [0.15, 0.2) is 11.6 Å². The molecule has 0 amide bonds. The molecule has 0 aliphatic carbocycles. The van der Waals surface area contributed by atoms with E-state index in [4.69, 9.17) is 31.8 Å². The number of fused-ring (bicyclic) bond motifs is 1. The molecule has 0 spiro atoms. The fourth-order valence-electron chi connectivity index (χ4n) is 6.08. The van der Waals surface area contributed by atoms with E-state index in [-0.39, 0.29) is 61.2 Å². The average Bonchev–Trinajstić information content (AvgIpc) is 3.43. The number of carbonyl (C=O) groups excluding carboxylic acids is 2. The lowest BCUT2D eigenvalue weighted by molar-refractivity contribution is -0.153. The van der Waals surface area contributed by atoms with Crippen LogP contribution in [0.2, 0.25) is 0 Å². The van der Waals surface area contributed by atoms with E-state index in [1.165, 1.54) is 0 Å². The van der Waals surface area contributed by atoms with Crippen molar-refractivity contribution in [1.82, 2.24) is 0 Å². The van der Waals surface area contributed by atoms with Crippen molar-refractivity contribution >= 4 is 11.9 Å². The molecule has 4 aliphatic heterocycles. The average molecular weight is 481 g/mol. The van der Waals surface area contributed by atoms with E-state index in [0.717, 1.165) is 0 Å². The minimum Gasteiger partial charge on any atom is -0.455 e. The largest absolute Gasteiger partial charge is 0.455 e. The lowest BCUT2D eigenvalue weighted by Crippen LogP contribution is -2.46. The zero-order chi connectivity index (χ0) is 25.5. The van der Waals surface area contributed by atoms with Crippen LogP contribution < -0.4 is 0 Å². The molecule has 7 nitrogen and oxygen atoms in total. The number of rotatable bonds is 5. The summed E-state index contributed by atoms with van der Waals surface area (Å²) in [5.41, 5.74) is -1.03. The van der Waals surface area contributed by atoms with E-state index >= 15 is 0 Å². The van der Waals surface area contributed by atoms with Crippen LogP contribution in [0.5, 0.6) is 0 Å². The van der Waals surface area contributed by atoms with Crippen molar-refractivity contribution in [2.45, 2.75) is 95.1 Å². The van der Waals surface area contributed by atoms with E-state index < -0.39 is 29.5 Å². The summed E-state index contributed by atoms with van der Waals surface area (Å²) in [4.78, 5) is 23.8. The molecule has 4 heterocycles. The Kier molecular flexibility index (Phi) is 6.78. The first kappa shape index (κ1) is 25.3. The number of esters is 2. The predicted octanol–water partition coefficient (Wildman–Crippen LogP) is 2.16. The van der Waals surface area contributed by atoms with Gasteiger partial charge in [-0.1, -0.05) is 18.8 Å². The molecule has 186 valence electrons. The number of ether oxygens (including phenoxy) is 4. The Hall–Kier alpha value is -2.76. The van der Waals surface area contributed by atoms with Crippen LogP contribution in [0, 0.1) is 54.3 Å². The standard InChI is InChI=1S/C28H32O7/c1-7-12-28-22(27(5,6)34-23(28)15-24(30)35-28)14-18(29)10-9-11-20-19(8-2)17(4)25(32-20)21-13-16(3)26(31)33-21/h1-2,13,17-23,25,29H,11-12,14-15H2,3-6H3/t17-,18?,19+,20+,21-,22-,23+,25-,28+/m0/s1. The minimum atomic E-state index is -0.976. The molecule has 4 aliphatic rings. The number of hydrogen-bond acceptors (Lipinski definition) is 7. The van der Waals surface area contributed by atoms with Gasteiger partial charge >= 0.3 is 11.9 Å². The van der Waals surface area contributed by atoms with Crippen molar-refractivity contribution in [3.63, 3.8) is 0 Å². The molecule has 0 radical (unpaired) electrons. The van der Waals surface area contributed by atoms with Gasteiger partial charge in [0.2, 0.25) is 0 Å². The summed E-state index contributed by atoms with van der Waals surface area (Å²) in [5, 5.41) is 10.8. The number of cyclic esters (lactones) is 1. The second kappa shape index (κ2) is 9.36. The van der Waals surface area contributed by atoms with Crippen LogP contribution in [0.25, 0.3) is 0 Å². The van der Waals surface area contributed by atoms with E-state index in [0.29, 0.717) is 12.0 Å². The van der Waals surface area contributed by atoms with Crippen LogP contribution in [0.3, 0.4) is 0 Å². The number of hydrogen-bond donors (Lipinski definition) is 1. The van der Waals surface area contributed by atoms with Crippen LogP contribution >= 0.6 is 0 Å². The molecule has 0 aromatic heterocycles. The molecule has 0 saturated carbocycles. The van der Waals surface area contributed by atoms with E-state index in [1.807, 2.05) is 20.8 Å². The van der Waals surface area contributed by atoms with Gasteiger partial charge in [-0.15, -0.1) is 24.7 Å². The number of carbonyl (C=O) groups is 2. The Bertz CT molecular complexity index is 1060. The minimum absolute atomic E-state index is 0.0225. The lowest BCUT2D eigenvalue weighted by atomic mass is 9.73. The summed E-state index contributed by atoms with van der Waals surface area (Å²) in [6.45, 7) is 7.53. The topological polar surface area (TPSA) is 91.3 Å².